The Kier molecular flexibility index (Phi) is 25.5. The van der Waals surface area contributed by atoms with Crippen LogP contribution in [0.5, 0.6) is 5.75 Å². The Morgan fingerprint density at radius 3 is 1.52 bits per heavy atom. The second-order valence-corrected chi connectivity index (χ2v) is 21.5. The number of carbonyl (C=O) groups is 12. The van der Waals surface area contributed by atoms with Crippen molar-refractivity contribution in [2.24, 2.45) is 11.7 Å². The lowest BCUT2D eigenvalue weighted by Crippen LogP contribution is -2.70. The molecular weight excluding hydrogens is 1100 g/mol. The summed E-state index contributed by atoms with van der Waals surface area (Å²) < 4.78 is 4.73. The van der Waals surface area contributed by atoms with E-state index in [1.807, 2.05) is 0 Å². The third-order valence-electron chi connectivity index (χ3n) is 13.3. The standard InChI is InChI=1S/C51H71N10O20P/c1-27(2)22-37(51(76)77)59-44(69)32(16-18-41(64)65)54-47(72)38-10-6-20-60(38)49(74)33(17-19-42(66)67)55-45(70)35(24-29-12-14-30(15-13-29)81-82(78,79)80)57-48(73)39-11-7-21-61(39)50(75)36(25-40(53)63)58-46(71)34(56-43(68)31(52)26-62)23-28-8-4-3-5-9-28/h3-5,8-9,12-15,27,31-39,62,78-80H,6-7,10-11,16-26,52H2,1-2H3,(H10-,53,54,55,56,57,58,59,63,64,65,66,67,68,69,70,71,72,73,76,77)/p+2/t31-,32-,33-,34-,35-,36-,37-,38-,39-/m0/s1. The first-order chi connectivity index (χ1) is 38.6. The molecule has 2 aromatic carbocycles. The number of quaternary nitrogens is 1. The van der Waals surface area contributed by atoms with Gasteiger partial charge < -0.3 is 73.6 Å². The van der Waals surface area contributed by atoms with Gasteiger partial charge in [0.25, 0.3) is 5.91 Å². The van der Waals surface area contributed by atoms with Crippen LogP contribution in [0, 0.1) is 5.92 Å². The number of aliphatic hydroxyl groups is 1. The van der Waals surface area contributed by atoms with Gasteiger partial charge in [-0.2, -0.15) is 14.7 Å². The van der Waals surface area contributed by atoms with Crippen LogP contribution in [-0.4, -0.2) is 190 Å². The van der Waals surface area contributed by atoms with Gasteiger partial charge in [-0.25, -0.2) is 4.79 Å². The Hall–Kier alpha value is -7.89. The number of nitrogens with zero attached hydrogens (tertiary/aromatic N) is 2. The molecule has 450 valence electrons. The maximum absolute atomic E-state index is 14.6. The molecule has 2 aliphatic heterocycles. The highest BCUT2D eigenvalue weighted by Gasteiger charge is 2.43. The number of benzene rings is 2. The minimum absolute atomic E-state index is 0.00656. The third kappa shape index (κ3) is 21.2. The smallest absolute Gasteiger partial charge is 0.481 e. The van der Waals surface area contributed by atoms with Gasteiger partial charge in [0.05, 0.1) is 6.42 Å². The monoisotopic (exact) mass is 1180 g/mol. The van der Waals surface area contributed by atoms with Gasteiger partial charge in [0, 0.05) is 38.8 Å². The number of carbonyl (C=O) groups excluding carboxylic acids is 9. The summed E-state index contributed by atoms with van der Waals surface area (Å²) in [4.78, 5) is 190. The average molecular weight is 1180 g/mol. The van der Waals surface area contributed by atoms with Crippen molar-refractivity contribution in [1.29, 1.82) is 0 Å². The van der Waals surface area contributed by atoms with Crippen LogP contribution < -0.4 is 47.9 Å². The van der Waals surface area contributed by atoms with E-state index in [1.54, 1.807) is 44.2 Å². The molecule has 2 aromatic rings. The van der Waals surface area contributed by atoms with Crippen LogP contribution >= 0.6 is 8.17 Å². The number of likely N-dealkylation sites (tertiary alicyclic amines) is 2. The van der Waals surface area contributed by atoms with E-state index in [9.17, 15) is 92.6 Å². The lowest BCUT2D eigenvalue weighted by Gasteiger charge is -2.32. The van der Waals surface area contributed by atoms with Crippen molar-refractivity contribution in [3.63, 3.8) is 0 Å². The van der Waals surface area contributed by atoms with E-state index >= 15 is 0 Å². The molecule has 9 amide bonds. The summed E-state index contributed by atoms with van der Waals surface area (Å²) in [5, 5.41) is 53.1. The lowest BCUT2D eigenvalue weighted by atomic mass is 10.0. The number of aliphatic carboxylic acids is 3. The molecule has 0 saturated carbocycles. The lowest BCUT2D eigenvalue weighted by molar-refractivity contribution is -0.409. The summed E-state index contributed by atoms with van der Waals surface area (Å²) in [5.41, 5.74) is 9.90. The van der Waals surface area contributed by atoms with Gasteiger partial charge in [-0.05, 0) is 74.1 Å². The molecule has 0 aromatic heterocycles. The summed E-state index contributed by atoms with van der Waals surface area (Å²) in [6.45, 7) is 2.51. The Morgan fingerprint density at radius 2 is 1.05 bits per heavy atom. The van der Waals surface area contributed by atoms with Crippen molar-refractivity contribution in [3.8, 4) is 5.75 Å². The molecule has 82 heavy (non-hydrogen) atoms. The average Bonchev–Trinajstić information content (AvgIpc) is 4.26. The predicted molar refractivity (Wildman–Crippen MR) is 284 cm³/mol. The summed E-state index contributed by atoms with van der Waals surface area (Å²) >= 11 is 0. The van der Waals surface area contributed by atoms with Crippen LogP contribution in [0.3, 0.4) is 0 Å². The quantitative estimate of drug-likeness (QED) is 0.0308. The molecule has 2 saturated heterocycles. The van der Waals surface area contributed by atoms with E-state index in [2.05, 4.69) is 37.6 Å². The van der Waals surface area contributed by atoms with E-state index < -0.39 is 179 Å². The van der Waals surface area contributed by atoms with Crippen molar-refractivity contribution in [3.05, 3.63) is 65.7 Å². The van der Waals surface area contributed by atoms with Crippen LogP contribution in [0.1, 0.15) is 89.2 Å². The first-order valence-electron chi connectivity index (χ1n) is 26.3. The number of nitrogens with one attached hydrogen (secondary N) is 6. The molecule has 2 fully saturated rings. The van der Waals surface area contributed by atoms with Crippen molar-refractivity contribution in [1.82, 2.24) is 41.7 Å². The van der Waals surface area contributed by atoms with E-state index in [0.29, 0.717) is 5.56 Å². The fraction of sp³-hybridized carbons (Fsp3) is 0.529. The van der Waals surface area contributed by atoms with Crippen LogP contribution in [0.2, 0.25) is 0 Å². The maximum atomic E-state index is 14.6. The zero-order valence-electron chi connectivity index (χ0n) is 45.1. The molecule has 9 atom stereocenters. The zero-order chi connectivity index (χ0) is 61.0. The number of amides is 9. The number of aliphatic hydroxyl groups excluding tert-OH is 1. The molecule has 4 rings (SSSR count). The van der Waals surface area contributed by atoms with Crippen LogP contribution in [-0.2, 0) is 70.4 Å². The van der Waals surface area contributed by atoms with Gasteiger partial charge >= 0.3 is 26.1 Å². The van der Waals surface area contributed by atoms with Gasteiger partial charge in [-0.3, -0.25) is 57.3 Å². The van der Waals surface area contributed by atoms with E-state index in [0.717, 1.165) is 9.80 Å². The first-order valence-corrected chi connectivity index (χ1v) is 27.8. The molecule has 0 unspecified atom stereocenters. The fourth-order valence-corrected chi connectivity index (χ4v) is 9.62. The normalized spacial score (nSPS) is 17.6. The number of hydrogen-bond acceptors (Lipinski definition) is 17. The van der Waals surface area contributed by atoms with Gasteiger partial charge in [-0.1, -0.05) is 56.3 Å². The summed E-state index contributed by atoms with van der Waals surface area (Å²) in [7, 11) is -4.78. The topological polar surface area (TPSA) is 488 Å². The molecule has 0 spiro atoms. The van der Waals surface area contributed by atoms with Gasteiger partial charge in [0.15, 0.2) is 11.8 Å². The fourth-order valence-electron chi connectivity index (χ4n) is 9.22. The molecule has 31 heteroatoms. The number of carboxylic acids is 3. The van der Waals surface area contributed by atoms with Crippen LogP contribution in [0.4, 0.5) is 0 Å². The first kappa shape index (κ1) is 66.6. The number of rotatable bonds is 32. The molecule has 0 radical (unpaired) electrons. The minimum atomic E-state index is -4.78. The zero-order valence-corrected chi connectivity index (χ0v) is 46.0. The van der Waals surface area contributed by atoms with Crippen LogP contribution in [0.15, 0.2) is 54.6 Å². The number of carboxylic acid groups (broad SMARTS) is 3. The molecule has 0 aliphatic carbocycles. The Labute approximate surface area is 470 Å². The molecular formula is C51H73N10O20P+2. The predicted octanol–water partition coefficient (Wildman–Crippen LogP) is -4.27. The van der Waals surface area contributed by atoms with Gasteiger partial charge in [0.1, 0.15) is 54.9 Å². The molecule has 2 aliphatic rings. The SMILES string of the molecule is CC(C)C[C@H](NC(=O)[C@H](CCC(=O)O)NC(=O)[C@@H]1CCCN1C(=O)[C@H](CCC(=O)O)NC(=O)[C@H](Cc1ccc(O[P+](O)(O)O)cc1)NC(=O)[C@@H]1CCCN1C(=O)[C@H](CC(N)=O)NC(=O)[C@H](Cc1ccccc1)NC(=O)[C@@H]([NH3+])CO)C(=O)O. The van der Waals surface area contributed by atoms with E-state index in [-0.39, 0.29) is 68.8 Å². The summed E-state index contributed by atoms with van der Waals surface area (Å²) in [6, 6.07) is -0.0400. The van der Waals surface area contributed by atoms with E-state index in [4.69, 9.17) is 10.3 Å². The van der Waals surface area contributed by atoms with Crippen LogP contribution in [0.25, 0.3) is 0 Å². The molecule has 18 N–H and O–H groups in total. The maximum Gasteiger partial charge on any atom is 0.613 e. The minimum Gasteiger partial charge on any atom is -0.481 e. The highest BCUT2D eigenvalue weighted by atomic mass is 31.2. The van der Waals surface area contributed by atoms with Gasteiger partial charge in [-0.15, -0.1) is 0 Å². The van der Waals surface area contributed by atoms with Crippen molar-refractivity contribution in [2.45, 2.75) is 145 Å². The second-order valence-electron chi connectivity index (χ2n) is 20.3. The summed E-state index contributed by atoms with van der Waals surface area (Å²) in [5.74, 6) is -13.3. The van der Waals surface area contributed by atoms with Crippen molar-refractivity contribution < 1.29 is 103 Å². The third-order valence-corrected chi connectivity index (χ3v) is 13.7. The highest BCUT2D eigenvalue weighted by Crippen LogP contribution is 2.46. The van der Waals surface area contributed by atoms with E-state index in [1.165, 1.54) is 24.3 Å². The number of hydrogen-bond donors (Lipinski definition) is 15. The Balaban J connectivity index is 1.64. The summed E-state index contributed by atoms with van der Waals surface area (Å²) in [6.07, 6.45) is -3.41. The highest BCUT2D eigenvalue weighted by molar-refractivity contribution is 7.53. The Morgan fingerprint density at radius 1 is 0.610 bits per heavy atom. The second kappa shape index (κ2) is 31.4. The molecule has 30 nitrogen and oxygen atoms in total. The number of primary amides is 1. The van der Waals surface area contributed by atoms with Crippen molar-refractivity contribution in [2.75, 3.05) is 19.7 Å². The number of nitrogens with two attached hydrogens (primary N) is 1. The Bertz CT molecular complexity index is 2630. The molecule has 0 bridgehead atoms. The largest absolute Gasteiger partial charge is 0.613 e. The van der Waals surface area contributed by atoms with Gasteiger partial charge in [0.2, 0.25) is 47.3 Å². The van der Waals surface area contributed by atoms with Crippen molar-refractivity contribution >= 4 is 79.2 Å². The molecule has 2 heterocycles.